The first kappa shape index (κ1) is 12.4. The van der Waals surface area contributed by atoms with Gasteiger partial charge in [-0.25, -0.2) is 0 Å². The van der Waals surface area contributed by atoms with Gasteiger partial charge in [0.05, 0.1) is 6.10 Å². The molecule has 2 aliphatic rings. The highest BCUT2D eigenvalue weighted by Crippen LogP contribution is 2.58. The maximum absolute atomic E-state index is 10.7. The van der Waals surface area contributed by atoms with Crippen LogP contribution in [0.15, 0.2) is 0 Å². The quantitative estimate of drug-likeness (QED) is 0.755. The van der Waals surface area contributed by atoms with Crippen LogP contribution in [0.4, 0.5) is 0 Å². The molecule has 2 saturated carbocycles. The maximum Gasteiger partial charge on any atom is 0.0639 e. The molecular formula is C14H27NO. The van der Waals surface area contributed by atoms with E-state index in [1.807, 2.05) is 0 Å². The van der Waals surface area contributed by atoms with E-state index in [-0.39, 0.29) is 11.5 Å². The van der Waals surface area contributed by atoms with E-state index in [0.29, 0.717) is 18.4 Å². The van der Waals surface area contributed by atoms with Gasteiger partial charge in [0.15, 0.2) is 0 Å². The van der Waals surface area contributed by atoms with E-state index in [1.54, 1.807) is 0 Å². The van der Waals surface area contributed by atoms with E-state index in [2.05, 4.69) is 13.8 Å². The molecule has 2 nitrogen and oxygen atoms in total. The Balaban J connectivity index is 2.15. The van der Waals surface area contributed by atoms with Gasteiger partial charge in [-0.3, -0.25) is 0 Å². The number of aliphatic hydroxyl groups excluding tert-OH is 1. The molecule has 0 heterocycles. The third kappa shape index (κ3) is 1.70. The molecule has 2 aliphatic carbocycles. The molecule has 0 aromatic rings. The van der Waals surface area contributed by atoms with Crippen molar-refractivity contribution >= 4 is 0 Å². The van der Waals surface area contributed by atoms with Crippen LogP contribution in [0.1, 0.15) is 52.4 Å². The summed E-state index contributed by atoms with van der Waals surface area (Å²) in [4.78, 5) is 0. The Morgan fingerprint density at radius 3 is 2.38 bits per heavy atom. The number of hydrogen-bond acceptors (Lipinski definition) is 2. The molecule has 2 rings (SSSR count). The van der Waals surface area contributed by atoms with Crippen molar-refractivity contribution in [2.45, 2.75) is 58.5 Å². The maximum atomic E-state index is 10.7. The van der Waals surface area contributed by atoms with E-state index >= 15 is 0 Å². The molecular weight excluding hydrogens is 198 g/mol. The average Bonchev–Trinajstić information content (AvgIpc) is 2.90. The van der Waals surface area contributed by atoms with Crippen LogP contribution in [0.2, 0.25) is 0 Å². The third-order valence-electron chi connectivity index (χ3n) is 5.49. The first-order valence-electron chi connectivity index (χ1n) is 7.06. The third-order valence-corrected chi connectivity index (χ3v) is 5.49. The van der Waals surface area contributed by atoms with Crippen LogP contribution in [-0.2, 0) is 0 Å². The summed E-state index contributed by atoms with van der Waals surface area (Å²) < 4.78 is 0. The highest BCUT2D eigenvalue weighted by Gasteiger charge is 2.54. The number of nitrogens with two attached hydrogens (primary N) is 1. The van der Waals surface area contributed by atoms with Gasteiger partial charge in [0, 0.05) is 12.0 Å². The monoisotopic (exact) mass is 225 g/mol. The Morgan fingerprint density at radius 1 is 1.31 bits per heavy atom. The Hall–Kier alpha value is -0.0800. The molecule has 2 bridgehead atoms. The van der Waals surface area contributed by atoms with E-state index in [4.69, 9.17) is 5.73 Å². The summed E-state index contributed by atoms with van der Waals surface area (Å²) in [5.41, 5.74) is 6.11. The number of rotatable bonds is 5. The molecule has 2 heteroatoms. The molecule has 0 aromatic heterocycles. The summed E-state index contributed by atoms with van der Waals surface area (Å²) in [7, 11) is 0. The summed E-state index contributed by atoms with van der Waals surface area (Å²) >= 11 is 0. The first-order valence-corrected chi connectivity index (χ1v) is 7.06. The Labute approximate surface area is 99.6 Å². The molecule has 0 radical (unpaired) electrons. The normalized spacial score (nSPS) is 39.6. The van der Waals surface area contributed by atoms with Gasteiger partial charge in [0.1, 0.15) is 0 Å². The fourth-order valence-electron chi connectivity index (χ4n) is 4.42. The van der Waals surface area contributed by atoms with Crippen LogP contribution >= 0.6 is 0 Å². The predicted molar refractivity (Wildman–Crippen MR) is 67.0 cm³/mol. The van der Waals surface area contributed by atoms with Crippen LogP contribution in [0, 0.1) is 23.2 Å². The minimum Gasteiger partial charge on any atom is -0.392 e. The van der Waals surface area contributed by atoms with Crippen molar-refractivity contribution < 1.29 is 5.11 Å². The fraction of sp³-hybridized carbons (Fsp3) is 1.00. The summed E-state index contributed by atoms with van der Waals surface area (Å²) in [6, 6.07) is 0. The summed E-state index contributed by atoms with van der Waals surface area (Å²) in [6.07, 6.45) is 7.19. The van der Waals surface area contributed by atoms with E-state index < -0.39 is 0 Å². The Kier molecular flexibility index (Phi) is 3.60. The predicted octanol–water partition coefficient (Wildman–Crippen LogP) is 2.55. The molecule has 0 saturated heterocycles. The van der Waals surface area contributed by atoms with Crippen molar-refractivity contribution in [1.29, 1.82) is 0 Å². The number of aliphatic hydroxyl groups is 1. The molecule has 4 atom stereocenters. The van der Waals surface area contributed by atoms with Gasteiger partial charge in [0.25, 0.3) is 0 Å². The van der Waals surface area contributed by atoms with Gasteiger partial charge in [0.2, 0.25) is 0 Å². The Bertz CT molecular complexity index is 239. The highest BCUT2D eigenvalue weighted by molar-refractivity contribution is 5.05. The van der Waals surface area contributed by atoms with Gasteiger partial charge >= 0.3 is 0 Å². The van der Waals surface area contributed by atoms with Gasteiger partial charge < -0.3 is 10.8 Å². The summed E-state index contributed by atoms with van der Waals surface area (Å²) in [6.45, 7) is 5.06. The van der Waals surface area contributed by atoms with Crippen molar-refractivity contribution in [2.75, 3.05) is 6.54 Å². The molecule has 0 spiro atoms. The second-order valence-electron chi connectivity index (χ2n) is 6.04. The van der Waals surface area contributed by atoms with Crippen LogP contribution in [-0.4, -0.2) is 17.8 Å². The molecule has 4 unspecified atom stereocenters. The number of fused-ring (bicyclic) bond motifs is 2. The van der Waals surface area contributed by atoms with Gasteiger partial charge in [-0.05, 0) is 37.0 Å². The van der Waals surface area contributed by atoms with E-state index in [0.717, 1.165) is 18.8 Å². The topological polar surface area (TPSA) is 46.2 Å². The zero-order valence-corrected chi connectivity index (χ0v) is 10.8. The van der Waals surface area contributed by atoms with Crippen molar-refractivity contribution in [3.63, 3.8) is 0 Å². The van der Waals surface area contributed by atoms with E-state index in [1.165, 1.54) is 25.7 Å². The van der Waals surface area contributed by atoms with Crippen LogP contribution in [0.3, 0.4) is 0 Å². The lowest BCUT2D eigenvalue weighted by atomic mass is 9.65. The fourth-order valence-corrected chi connectivity index (χ4v) is 4.42. The molecule has 0 amide bonds. The lowest BCUT2D eigenvalue weighted by Crippen LogP contribution is -2.49. The van der Waals surface area contributed by atoms with E-state index in [9.17, 15) is 5.11 Å². The molecule has 0 aliphatic heterocycles. The van der Waals surface area contributed by atoms with Crippen LogP contribution < -0.4 is 5.73 Å². The minimum absolute atomic E-state index is 0.0691. The van der Waals surface area contributed by atoms with Crippen molar-refractivity contribution in [2.24, 2.45) is 28.9 Å². The van der Waals surface area contributed by atoms with Crippen LogP contribution in [0.25, 0.3) is 0 Å². The smallest absolute Gasteiger partial charge is 0.0639 e. The molecule has 94 valence electrons. The highest BCUT2D eigenvalue weighted by atomic mass is 16.3. The zero-order chi connectivity index (χ0) is 11.8. The second kappa shape index (κ2) is 4.66. The number of hydrogen-bond donors (Lipinski definition) is 2. The SMILES string of the molecule is CCC(CC)C(O)C1(CN)CC2CCC1C2. The summed E-state index contributed by atoms with van der Waals surface area (Å²) in [5.74, 6) is 2.01. The van der Waals surface area contributed by atoms with Crippen LogP contribution in [0.5, 0.6) is 0 Å². The molecule has 16 heavy (non-hydrogen) atoms. The average molecular weight is 225 g/mol. The zero-order valence-electron chi connectivity index (χ0n) is 10.8. The molecule has 2 fully saturated rings. The second-order valence-corrected chi connectivity index (χ2v) is 6.04. The standard InChI is InChI=1S/C14H27NO/c1-3-11(4-2)13(16)14(9-15)8-10-5-6-12(14)7-10/h10-13,16H,3-9,15H2,1-2H3. The molecule has 3 N–H and O–H groups in total. The van der Waals surface area contributed by atoms with Crippen molar-refractivity contribution in [1.82, 2.24) is 0 Å². The van der Waals surface area contributed by atoms with Gasteiger partial charge in [-0.1, -0.05) is 33.1 Å². The lowest BCUT2D eigenvalue weighted by Gasteiger charge is -2.44. The van der Waals surface area contributed by atoms with Crippen molar-refractivity contribution in [3.05, 3.63) is 0 Å². The Morgan fingerprint density at radius 2 is 2.00 bits per heavy atom. The first-order chi connectivity index (χ1) is 7.67. The van der Waals surface area contributed by atoms with Crippen molar-refractivity contribution in [3.8, 4) is 0 Å². The summed E-state index contributed by atoms with van der Waals surface area (Å²) in [5, 5.41) is 10.7. The lowest BCUT2D eigenvalue weighted by molar-refractivity contribution is -0.0502. The van der Waals surface area contributed by atoms with Gasteiger partial charge in [-0.2, -0.15) is 0 Å². The largest absolute Gasteiger partial charge is 0.392 e. The minimum atomic E-state index is -0.164. The molecule has 0 aromatic carbocycles. The van der Waals surface area contributed by atoms with Gasteiger partial charge in [-0.15, -0.1) is 0 Å².